The molecule has 0 N–H and O–H groups in total. The maximum absolute atomic E-state index is 11.4. The Bertz CT molecular complexity index is 282. The first-order valence-electron chi connectivity index (χ1n) is 3.90. The van der Waals surface area contributed by atoms with Crippen LogP contribution in [-0.4, -0.2) is 22.8 Å². The Balaban J connectivity index is 2.83. The lowest BCUT2D eigenvalue weighted by Gasteiger charge is -2.15. The van der Waals surface area contributed by atoms with Crippen LogP contribution < -0.4 is 0 Å². The summed E-state index contributed by atoms with van der Waals surface area (Å²) in [6.07, 6.45) is 0.0825. The Labute approximate surface area is 75.6 Å². The molecule has 0 bridgehead atoms. The molecule has 0 radical (unpaired) electrons. The van der Waals surface area contributed by atoms with Crippen LogP contribution in [0.25, 0.3) is 0 Å². The lowest BCUT2D eigenvalue weighted by atomic mass is 9.92. The maximum Gasteiger partial charge on any atom is 0.330 e. The molecule has 0 spiro atoms. The van der Waals surface area contributed by atoms with Crippen molar-refractivity contribution in [2.45, 2.75) is 27.2 Å². The van der Waals surface area contributed by atoms with Crippen LogP contribution in [0, 0.1) is 5.41 Å². The molecule has 1 rings (SSSR count). The average molecular weight is 185 g/mol. The first-order chi connectivity index (χ1) is 5.84. The van der Waals surface area contributed by atoms with E-state index in [2.05, 4.69) is 4.84 Å². The van der Waals surface area contributed by atoms with Crippen molar-refractivity contribution in [2.75, 3.05) is 0 Å². The van der Waals surface area contributed by atoms with E-state index in [-0.39, 0.29) is 6.42 Å². The van der Waals surface area contributed by atoms with Gasteiger partial charge in [-0.25, -0.2) is 4.79 Å². The predicted molar refractivity (Wildman–Crippen MR) is 42.0 cm³/mol. The first-order valence-corrected chi connectivity index (χ1v) is 3.90. The highest BCUT2D eigenvalue weighted by Crippen LogP contribution is 2.31. The third kappa shape index (κ3) is 1.68. The fourth-order valence-corrected chi connectivity index (χ4v) is 1.13. The third-order valence-corrected chi connectivity index (χ3v) is 1.80. The largest absolute Gasteiger partial charge is 0.331 e. The minimum atomic E-state index is -0.757. The molecule has 0 aromatic heterocycles. The zero-order valence-electron chi connectivity index (χ0n) is 7.79. The van der Waals surface area contributed by atoms with Crippen LogP contribution >= 0.6 is 0 Å². The Hall–Kier alpha value is -1.39. The zero-order chi connectivity index (χ0) is 10.2. The van der Waals surface area contributed by atoms with Crippen molar-refractivity contribution in [3.8, 4) is 0 Å². The molecule has 5 heteroatoms. The zero-order valence-corrected chi connectivity index (χ0v) is 7.79. The topological polar surface area (TPSA) is 63.7 Å². The van der Waals surface area contributed by atoms with E-state index < -0.39 is 23.2 Å². The number of carbonyl (C=O) groups excluding carboxylic acids is 3. The SMILES string of the molecule is CC(=O)ON1C(=O)CC(C)(C)C1=O. The smallest absolute Gasteiger partial charge is 0.330 e. The molecule has 13 heavy (non-hydrogen) atoms. The van der Waals surface area contributed by atoms with Crippen LogP contribution in [0.1, 0.15) is 27.2 Å². The van der Waals surface area contributed by atoms with E-state index in [0.717, 1.165) is 6.92 Å². The van der Waals surface area contributed by atoms with Gasteiger partial charge in [0.15, 0.2) is 0 Å². The fraction of sp³-hybridized carbons (Fsp3) is 0.625. The summed E-state index contributed by atoms with van der Waals surface area (Å²) in [5, 5.41) is 0.544. The number of rotatable bonds is 1. The minimum Gasteiger partial charge on any atom is -0.331 e. The summed E-state index contributed by atoms with van der Waals surface area (Å²) in [6, 6.07) is 0. The molecule has 1 aliphatic heterocycles. The Kier molecular flexibility index (Phi) is 2.11. The van der Waals surface area contributed by atoms with Crippen LogP contribution in [0.4, 0.5) is 0 Å². The van der Waals surface area contributed by atoms with Gasteiger partial charge in [0.25, 0.3) is 11.8 Å². The number of nitrogens with zero attached hydrogens (tertiary/aromatic N) is 1. The van der Waals surface area contributed by atoms with Gasteiger partial charge in [0.1, 0.15) is 0 Å². The van der Waals surface area contributed by atoms with Gasteiger partial charge in [0, 0.05) is 13.3 Å². The first kappa shape index (κ1) is 9.70. The molecule has 1 saturated heterocycles. The van der Waals surface area contributed by atoms with Crippen molar-refractivity contribution in [3.05, 3.63) is 0 Å². The molecule has 1 fully saturated rings. The molecule has 0 aliphatic carbocycles. The van der Waals surface area contributed by atoms with Gasteiger partial charge < -0.3 is 4.84 Å². The van der Waals surface area contributed by atoms with Crippen molar-refractivity contribution in [1.29, 1.82) is 0 Å². The molecule has 0 saturated carbocycles. The van der Waals surface area contributed by atoms with Crippen molar-refractivity contribution >= 4 is 17.8 Å². The summed E-state index contributed by atoms with van der Waals surface area (Å²) in [5.74, 6) is -1.60. The number of hydrogen-bond donors (Lipinski definition) is 0. The summed E-state index contributed by atoms with van der Waals surface area (Å²) in [6.45, 7) is 4.42. The number of amides is 2. The van der Waals surface area contributed by atoms with E-state index in [4.69, 9.17) is 0 Å². The lowest BCUT2D eigenvalue weighted by molar-refractivity contribution is -0.197. The molecular formula is C8H11NO4. The maximum atomic E-state index is 11.4. The van der Waals surface area contributed by atoms with E-state index in [9.17, 15) is 14.4 Å². The van der Waals surface area contributed by atoms with Crippen LogP contribution in [0.3, 0.4) is 0 Å². The summed E-state index contributed by atoms with van der Waals surface area (Å²) >= 11 is 0. The molecule has 0 aromatic rings. The monoisotopic (exact) mass is 185 g/mol. The molecule has 1 aliphatic rings. The van der Waals surface area contributed by atoms with Gasteiger partial charge in [-0.15, -0.1) is 5.06 Å². The van der Waals surface area contributed by atoms with Crippen LogP contribution in [0.5, 0.6) is 0 Å². The highest BCUT2D eigenvalue weighted by Gasteiger charge is 2.47. The van der Waals surface area contributed by atoms with Gasteiger partial charge in [-0.2, -0.15) is 0 Å². The average Bonchev–Trinajstić information content (AvgIpc) is 2.12. The van der Waals surface area contributed by atoms with Crippen molar-refractivity contribution < 1.29 is 19.2 Å². The molecule has 0 atom stereocenters. The normalized spacial score (nSPS) is 20.7. The molecule has 0 aromatic carbocycles. The lowest BCUT2D eigenvalue weighted by Crippen LogP contribution is -2.34. The molecular weight excluding hydrogens is 174 g/mol. The van der Waals surface area contributed by atoms with E-state index in [1.54, 1.807) is 13.8 Å². The van der Waals surface area contributed by atoms with Crippen LogP contribution in [-0.2, 0) is 19.2 Å². The summed E-state index contributed by atoms with van der Waals surface area (Å²) < 4.78 is 0. The standard InChI is InChI=1S/C8H11NO4/c1-5(10)13-9-6(11)4-8(2,3)7(9)12/h4H2,1-3H3. The van der Waals surface area contributed by atoms with E-state index in [1.165, 1.54) is 0 Å². The number of imide groups is 1. The van der Waals surface area contributed by atoms with Crippen LogP contribution in [0.2, 0.25) is 0 Å². The predicted octanol–water partition coefficient (Wildman–Crippen LogP) is 0.250. The second-order valence-electron chi connectivity index (χ2n) is 3.64. The van der Waals surface area contributed by atoms with Crippen molar-refractivity contribution in [1.82, 2.24) is 5.06 Å². The Morgan fingerprint density at radius 1 is 1.46 bits per heavy atom. The molecule has 0 unspecified atom stereocenters. The molecule has 5 nitrogen and oxygen atoms in total. The van der Waals surface area contributed by atoms with Gasteiger partial charge in [0.05, 0.1) is 5.41 Å². The quantitative estimate of drug-likeness (QED) is 0.549. The molecule has 72 valence electrons. The Morgan fingerprint density at radius 3 is 2.31 bits per heavy atom. The van der Waals surface area contributed by atoms with E-state index in [0.29, 0.717) is 5.06 Å². The fourth-order valence-electron chi connectivity index (χ4n) is 1.13. The van der Waals surface area contributed by atoms with Gasteiger partial charge in [-0.1, -0.05) is 13.8 Å². The highest BCUT2D eigenvalue weighted by molar-refractivity contribution is 6.05. The highest BCUT2D eigenvalue weighted by atomic mass is 16.7. The summed E-state index contributed by atoms with van der Waals surface area (Å²) in [4.78, 5) is 37.6. The van der Waals surface area contributed by atoms with Crippen molar-refractivity contribution in [3.63, 3.8) is 0 Å². The second kappa shape index (κ2) is 2.83. The summed E-state index contributed by atoms with van der Waals surface area (Å²) in [7, 11) is 0. The van der Waals surface area contributed by atoms with Crippen molar-refractivity contribution in [2.24, 2.45) is 5.41 Å². The van der Waals surface area contributed by atoms with Gasteiger partial charge >= 0.3 is 5.97 Å². The number of carbonyl (C=O) groups is 3. The van der Waals surface area contributed by atoms with Crippen LogP contribution in [0.15, 0.2) is 0 Å². The minimum absolute atomic E-state index is 0.0825. The van der Waals surface area contributed by atoms with Gasteiger partial charge in [-0.3, -0.25) is 9.59 Å². The Morgan fingerprint density at radius 2 is 2.00 bits per heavy atom. The number of hydroxylamine groups is 2. The van der Waals surface area contributed by atoms with E-state index in [1.807, 2.05) is 0 Å². The van der Waals surface area contributed by atoms with Gasteiger partial charge in [-0.05, 0) is 0 Å². The van der Waals surface area contributed by atoms with Gasteiger partial charge in [0.2, 0.25) is 0 Å². The van der Waals surface area contributed by atoms with E-state index >= 15 is 0 Å². The summed E-state index contributed by atoms with van der Waals surface area (Å²) in [5.41, 5.74) is -0.757. The third-order valence-electron chi connectivity index (χ3n) is 1.80. The second-order valence-corrected chi connectivity index (χ2v) is 3.64. The molecule has 1 heterocycles. The molecule has 2 amide bonds. The number of hydrogen-bond acceptors (Lipinski definition) is 4.